The van der Waals surface area contributed by atoms with Crippen LogP contribution in [0.1, 0.15) is 5.56 Å². The highest BCUT2D eigenvalue weighted by atomic mass is 79.9. The minimum absolute atomic E-state index is 0.138. The summed E-state index contributed by atoms with van der Waals surface area (Å²) in [5, 5.41) is 11.6. The number of ether oxygens (including phenoxy) is 1. The van der Waals surface area contributed by atoms with Gasteiger partial charge in [-0.2, -0.15) is 4.80 Å². The molecule has 0 aliphatic rings. The number of aromatic nitrogens is 3. The minimum atomic E-state index is -0.326. The van der Waals surface area contributed by atoms with Crippen molar-refractivity contribution in [1.82, 2.24) is 15.0 Å². The molecule has 0 radical (unpaired) electrons. The molecule has 0 aliphatic heterocycles. The van der Waals surface area contributed by atoms with E-state index in [1.54, 1.807) is 30.3 Å². The third-order valence-corrected chi connectivity index (χ3v) is 5.31. The van der Waals surface area contributed by atoms with Crippen LogP contribution in [0.3, 0.4) is 0 Å². The number of halogens is 3. The van der Waals surface area contributed by atoms with Crippen LogP contribution in [-0.2, 0) is 4.79 Å². The Morgan fingerprint density at radius 1 is 1.07 bits per heavy atom. The van der Waals surface area contributed by atoms with Gasteiger partial charge in [0.15, 0.2) is 6.61 Å². The van der Waals surface area contributed by atoms with Gasteiger partial charge in [0.05, 0.1) is 10.2 Å². The highest BCUT2D eigenvalue weighted by Crippen LogP contribution is 2.32. The van der Waals surface area contributed by atoms with Crippen molar-refractivity contribution in [2.45, 2.75) is 6.92 Å². The van der Waals surface area contributed by atoms with Gasteiger partial charge in [-0.05, 0) is 83.0 Å². The highest BCUT2D eigenvalue weighted by molar-refractivity contribution is 9.11. The number of fused-ring (bicyclic) bond motifs is 1. The summed E-state index contributed by atoms with van der Waals surface area (Å²) in [5.41, 5.74) is 3.38. The summed E-state index contributed by atoms with van der Waals surface area (Å²) in [6.07, 6.45) is 0. The molecule has 0 atom stereocenters. The number of benzene rings is 3. The van der Waals surface area contributed by atoms with Gasteiger partial charge >= 0.3 is 0 Å². The topological polar surface area (TPSA) is 69.0 Å². The first-order valence-corrected chi connectivity index (χ1v) is 10.5. The average Bonchev–Trinajstić information content (AvgIpc) is 3.11. The Balaban J connectivity index is 1.46. The quantitative estimate of drug-likeness (QED) is 0.372. The smallest absolute Gasteiger partial charge is 0.262 e. The van der Waals surface area contributed by atoms with Crippen molar-refractivity contribution < 1.29 is 13.9 Å². The maximum absolute atomic E-state index is 13.1. The second-order valence-corrected chi connectivity index (χ2v) is 8.31. The van der Waals surface area contributed by atoms with Gasteiger partial charge in [0, 0.05) is 10.2 Å². The Hall–Kier alpha value is -2.78. The highest BCUT2D eigenvalue weighted by Gasteiger charge is 2.11. The lowest BCUT2D eigenvalue weighted by Crippen LogP contribution is -2.20. The molecule has 1 amide bonds. The second kappa shape index (κ2) is 8.53. The number of nitrogens with one attached hydrogen (secondary N) is 1. The summed E-state index contributed by atoms with van der Waals surface area (Å²) in [4.78, 5) is 13.8. The molecule has 0 bridgehead atoms. The Kier molecular flexibility index (Phi) is 5.83. The van der Waals surface area contributed by atoms with E-state index in [0.717, 1.165) is 14.5 Å². The van der Waals surface area contributed by atoms with Crippen LogP contribution < -0.4 is 10.1 Å². The van der Waals surface area contributed by atoms with Crippen molar-refractivity contribution in [2.75, 3.05) is 11.9 Å². The fourth-order valence-electron chi connectivity index (χ4n) is 2.89. The number of anilines is 1. The van der Waals surface area contributed by atoms with Crippen LogP contribution in [0.2, 0.25) is 0 Å². The van der Waals surface area contributed by atoms with E-state index in [1.165, 1.54) is 16.9 Å². The Morgan fingerprint density at radius 3 is 2.53 bits per heavy atom. The van der Waals surface area contributed by atoms with Crippen molar-refractivity contribution in [3.8, 4) is 11.4 Å². The molecule has 3 aromatic carbocycles. The average molecular weight is 534 g/mol. The molecule has 4 aromatic rings. The number of carbonyl (C=O) groups is 1. The van der Waals surface area contributed by atoms with E-state index in [9.17, 15) is 9.18 Å². The van der Waals surface area contributed by atoms with Crippen LogP contribution in [0.15, 0.2) is 63.5 Å². The van der Waals surface area contributed by atoms with Crippen LogP contribution in [0.4, 0.5) is 10.1 Å². The summed E-state index contributed by atoms with van der Waals surface area (Å²) in [6.45, 7) is 1.77. The molecule has 4 rings (SSSR count). The number of aryl methyl sites for hydroxylation is 1. The molecule has 1 N–H and O–H groups in total. The molecular weight excluding hydrogens is 519 g/mol. The monoisotopic (exact) mass is 532 g/mol. The molecule has 0 fully saturated rings. The fourth-order valence-corrected chi connectivity index (χ4v) is 4.44. The van der Waals surface area contributed by atoms with Crippen LogP contribution in [-0.4, -0.2) is 27.5 Å². The van der Waals surface area contributed by atoms with Gasteiger partial charge < -0.3 is 10.1 Å². The van der Waals surface area contributed by atoms with Crippen molar-refractivity contribution >= 4 is 54.5 Å². The molecule has 0 saturated carbocycles. The number of amides is 1. The summed E-state index contributed by atoms with van der Waals surface area (Å²) >= 11 is 6.86. The van der Waals surface area contributed by atoms with E-state index in [-0.39, 0.29) is 18.3 Å². The SMILES string of the molecule is Cc1cc(Br)cc(Br)c1OCC(=O)Nc1ccc2nn(-c3ccc(F)cc3)nc2c1. The molecule has 0 spiro atoms. The van der Waals surface area contributed by atoms with E-state index in [2.05, 4.69) is 47.4 Å². The normalized spacial score (nSPS) is 10.9. The Morgan fingerprint density at radius 2 is 1.80 bits per heavy atom. The first kappa shape index (κ1) is 20.5. The lowest BCUT2D eigenvalue weighted by atomic mass is 10.2. The van der Waals surface area contributed by atoms with E-state index in [1.807, 2.05) is 19.1 Å². The molecule has 30 heavy (non-hydrogen) atoms. The van der Waals surface area contributed by atoms with E-state index >= 15 is 0 Å². The molecule has 152 valence electrons. The number of hydrogen-bond donors (Lipinski definition) is 1. The predicted octanol–water partition coefficient (Wildman–Crippen LogP) is 5.41. The summed E-state index contributed by atoms with van der Waals surface area (Å²) in [7, 11) is 0. The lowest BCUT2D eigenvalue weighted by Gasteiger charge is -2.12. The van der Waals surface area contributed by atoms with Crippen LogP contribution in [0, 0.1) is 12.7 Å². The van der Waals surface area contributed by atoms with Crippen molar-refractivity contribution in [3.05, 3.63) is 74.9 Å². The maximum Gasteiger partial charge on any atom is 0.262 e. The summed E-state index contributed by atoms with van der Waals surface area (Å²) < 4.78 is 20.5. The van der Waals surface area contributed by atoms with Crippen molar-refractivity contribution in [3.63, 3.8) is 0 Å². The largest absolute Gasteiger partial charge is 0.482 e. The number of hydrogen-bond acceptors (Lipinski definition) is 4. The first-order valence-electron chi connectivity index (χ1n) is 8.90. The van der Waals surface area contributed by atoms with E-state index in [4.69, 9.17) is 4.74 Å². The van der Waals surface area contributed by atoms with Gasteiger partial charge in [0.25, 0.3) is 5.91 Å². The number of rotatable bonds is 5. The Bertz CT molecular complexity index is 1220. The lowest BCUT2D eigenvalue weighted by molar-refractivity contribution is -0.118. The Labute approximate surface area is 188 Å². The van der Waals surface area contributed by atoms with Gasteiger partial charge in [-0.15, -0.1) is 10.2 Å². The molecule has 0 aliphatic carbocycles. The number of carbonyl (C=O) groups excluding carboxylic acids is 1. The van der Waals surface area contributed by atoms with Gasteiger partial charge in [0.1, 0.15) is 22.6 Å². The van der Waals surface area contributed by atoms with Crippen LogP contribution >= 0.6 is 31.9 Å². The van der Waals surface area contributed by atoms with Gasteiger partial charge in [0.2, 0.25) is 0 Å². The van der Waals surface area contributed by atoms with Gasteiger partial charge in [-0.3, -0.25) is 4.79 Å². The van der Waals surface area contributed by atoms with E-state index in [0.29, 0.717) is 28.2 Å². The molecule has 1 heterocycles. The molecule has 6 nitrogen and oxygen atoms in total. The maximum atomic E-state index is 13.1. The zero-order valence-corrected chi connectivity index (χ0v) is 18.9. The van der Waals surface area contributed by atoms with Gasteiger partial charge in [-0.25, -0.2) is 4.39 Å². The third-order valence-electron chi connectivity index (χ3n) is 4.26. The fraction of sp³-hybridized carbons (Fsp3) is 0.0952. The standard InChI is InChI=1S/C21H15Br2FN4O2/c1-12-8-13(22)9-17(23)21(12)30-11-20(29)25-15-4-7-18-19(10-15)27-28(26-18)16-5-2-14(24)3-6-16/h2-10H,11H2,1H3,(H,25,29). The predicted molar refractivity (Wildman–Crippen MR) is 120 cm³/mol. The third kappa shape index (κ3) is 4.52. The number of nitrogens with zero attached hydrogens (tertiary/aromatic N) is 3. The summed E-state index contributed by atoms with van der Waals surface area (Å²) in [5.74, 6) is -0.00595. The molecule has 0 unspecified atom stereocenters. The molecule has 9 heteroatoms. The van der Waals surface area contributed by atoms with Crippen LogP contribution in [0.25, 0.3) is 16.7 Å². The van der Waals surface area contributed by atoms with Crippen molar-refractivity contribution in [2.24, 2.45) is 0 Å². The van der Waals surface area contributed by atoms with Crippen molar-refractivity contribution in [1.29, 1.82) is 0 Å². The minimum Gasteiger partial charge on any atom is -0.482 e. The van der Waals surface area contributed by atoms with Crippen LogP contribution in [0.5, 0.6) is 5.75 Å². The molecular formula is C21H15Br2FN4O2. The second-order valence-electron chi connectivity index (χ2n) is 6.54. The zero-order chi connectivity index (χ0) is 21.3. The van der Waals surface area contributed by atoms with Gasteiger partial charge in [-0.1, -0.05) is 15.9 Å². The molecule has 0 saturated heterocycles. The van der Waals surface area contributed by atoms with E-state index < -0.39 is 0 Å². The summed E-state index contributed by atoms with van der Waals surface area (Å²) in [6, 6.07) is 14.9. The first-order chi connectivity index (χ1) is 14.4. The zero-order valence-electron chi connectivity index (χ0n) is 15.7. The molecule has 1 aromatic heterocycles.